The Morgan fingerprint density at radius 3 is 2.43 bits per heavy atom. The predicted octanol–water partition coefficient (Wildman–Crippen LogP) is -0.242. The fourth-order valence-corrected chi connectivity index (χ4v) is 0.724. The Labute approximate surface area is 80.1 Å². The summed E-state index contributed by atoms with van der Waals surface area (Å²) in [5.74, 6) is -1.84. The molecule has 80 valence electrons. The predicted molar refractivity (Wildman–Crippen MR) is 44.0 cm³/mol. The first kappa shape index (κ1) is 12.3. The second-order valence-corrected chi connectivity index (χ2v) is 2.33. The van der Waals surface area contributed by atoms with Crippen molar-refractivity contribution >= 4 is 11.9 Å². The van der Waals surface area contributed by atoms with E-state index in [-0.39, 0.29) is 6.61 Å². The number of methoxy groups -OCH3 is 1. The van der Waals surface area contributed by atoms with Crippen molar-refractivity contribution in [3.05, 3.63) is 10.1 Å². The highest BCUT2D eigenvalue weighted by atomic mass is 16.6. The molecule has 0 amide bonds. The molecule has 1 unspecified atom stereocenters. The molecule has 0 saturated carbocycles. The molecule has 0 bridgehead atoms. The quantitative estimate of drug-likeness (QED) is 0.349. The molecule has 0 radical (unpaired) electrons. The van der Waals surface area contributed by atoms with Gasteiger partial charge in [0, 0.05) is 4.92 Å². The van der Waals surface area contributed by atoms with E-state index in [1.165, 1.54) is 6.92 Å². The molecule has 0 fully saturated rings. The van der Waals surface area contributed by atoms with E-state index in [9.17, 15) is 19.7 Å². The lowest BCUT2D eigenvalue weighted by atomic mass is 10.2. The fourth-order valence-electron chi connectivity index (χ4n) is 0.724. The summed E-state index contributed by atoms with van der Waals surface area (Å²) in [4.78, 5) is 31.2. The van der Waals surface area contributed by atoms with E-state index in [2.05, 4.69) is 9.47 Å². The molecule has 0 aliphatic carbocycles. The molecule has 7 nitrogen and oxygen atoms in total. The van der Waals surface area contributed by atoms with Gasteiger partial charge < -0.3 is 9.47 Å². The zero-order valence-electron chi connectivity index (χ0n) is 7.89. The molecular weight excluding hydrogens is 194 g/mol. The maximum absolute atomic E-state index is 11.0. The van der Waals surface area contributed by atoms with Crippen molar-refractivity contribution in [1.82, 2.24) is 0 Å². The first-order chi connectivity index (χ1) is 6.52. The van der Waals surface area contributed by atoms with E-state index in [1.54, 1.807) is 0 Å². The van der Waals surface area contributed by atoms with E-state index in [0.29, 0.717) is 0 Å². The molecule has 0 rings (SSSR count). The van der Waals surface area contributed by atoms with Crippen LogP contribution in [0.25, 0.3) is 0 Å². The largest absolute Gasteiger partial charge is 0.469 e. The van der Waals surface area contributed by atoms with Crippen LogP contribution in [0, 0.1) is 10.1 Å². The van der Waals surface area contributed by atoms with Crippen molar-refractivity contribution in [2.75, 3.05) is 13.7 Å². The van der Waals surface area contributed by atoms with Crippen LogP contribution >= 0.6 is 0 Å². The standard InChI is InChI=1S/C7H11NO6/c1-3-14-7(10)5(8(11)12)4-6(9)13-2/h5H,3-4H2,1-2H3. The van der Waals surface area contributed by atoms with Gasteiger partial charge in [-0.15, -0.1) is 0 Å². The van der Waals surface area contributed by atoms with Gasteiger partial charge in [0.15, 0.2) is 0 Å². The molecule has 0 spiro atoms. The number of ether oxygens (including phenoxy) is 2. The number of rotatable bonds is 5. The highest BCUT2D eigenvalue weighted by Crippen LogP contribution is 2.01. The summed E-state index contributed by atoms with van der Waals surface area (Å²) in [5.41, 5.74) is 0. The second kappa shape index (κ2) is 5.90. The molecule has 0 aliphatic heterocycles. The van der Waals surface area contributed by atoms with Gasteiger partial charge in [-0.2, -0.15) is 0 Å². The highest BCUT2D eigenvalue weighted by Gasteiger charge is 2.34. The van der Waals surface area contributed by atoms with Gasteiger partial charge in [-0.05, 0) is 6.92 Å². The summed E-state index contributed by atoms with van der Waals surface area (Å²) in [6.45, 7) is 1.55. The number of hydrogen-bond donors (Lipinski definition) is 0. The van der Waals surface area contributed by atoms with Crippen molar-refractivity contribution in [1.29, 1.82) is 0 Å². The Balaban J connectivity index is 4.36. The van der Waals surface area contributed by atoms with Crippen LogP contribution in [0.2, 0.25) is 0 Å². The number of nitro groups is 1. The van der Waals surface area contributed by atoms with Crippen LogP contribution in [0.5, 0.6) is 0 Å². The van der Waals surface area contributed by atoms with Crippen molar-refractivity contribution in [3.63, 3.8) is 0 Å². The minimum atomic E-state index is -1.68. The lowest BCUT2D eigenvalue weighted by molar-refractivity contribution is -0.509. The number of nitrogens with zero attached hydrogens (tertiary/aromatic N) is 1. The van der Waals surface area contributed by atoms with Crippen molar-refractivity contribution < 1.29 is 24.0 Å². The Hall–Kier alpha value is -1.66. The van der Waals surface area contributed by atoms with Gasteiger partial charge in [0.2, 0.25) is 0 Å². The van der Waals surface area contributed by atoms with Crippen LogP contribution in [0.3, 0.4) is 0 Å². The summed E-state index contributed by atoms with van der Waals surface area (Å²) in [5, 5.41) is 10.4. The molecule has 0 saturated heterocycles. The molecule has 1 atom stereocenters. The van der Waals surface area contributed by atoms with Crippen molar-refractivity contribution in [2.45, 2.75) is 19.4 Å². The third kappa shape index (κ3) is 3.83. The zero-order valence-corrected chi connectivity index (χ0v) is 7.89. The molecule has 0 heterocycles. The van der Waals surface area contributed by atoms with Crippen LogP contribution in [-0.2, 0) is 19.1 Å². The van der Waals surface area contributed by atoms with E-state index in [1.807, 2.05) is 0 Å². The minimum Gasteiger partial charge on any atom is -0.469 e. The molecule has 0 N–H and O–H groups in total. The van der Waals surface area contributed by atoms with Crippen LogP contribution < -0.4 is 0 Å². The Morgan fingerprint density at radius 2 is 2.07 bits per heavy atom. The maximum atomic E-state index is 11.0. The summed E-state index contributed by atoms with van der Waals surface area (Å²) in [6.07, 6.45) is -0.609. The smallest absolute Gasteiger partial charge is 0.382 e. The number of hydrogen-bond acceptors (Lipinski definition) is 6. The fraction of sp³-hybridized carbons (Fsp3) is 0.714. The van der Waals surface area contributed by atoms with Crippen molar-refractivity contribution in [2.24, 2.45) is 0 Å². The molecular formula is C7H11NO6. The molecule has 0 aromatic rings. The molecule has 0 aromatic carbocycles. The Bertz CT molecular complexity index is 238. The minimum absolute atomic E-state index is 0.0321. The van der Waals surface area contributed by atoms with Crippen LogP contribution in [0.1, 0.15) is 13.3 Å². The average molecular weight is 205 g/mol. The van der Waals surface area contributed by atoms with E-state index < -0.39 is 29.3 Å². The highest BCUT2D eigenvalue weighted by molar-refractivity contribution is 5.81. The van der Waals surface area contributed by atoms with Crippen LogP contribution in [0.4, 0.5) is 0 Å². The second-order valence-electron chi connectivity index (χ2n) is 2.33. The number of carbonyl (C=O) groups is 2. The van der Waals surface area contributed by atoms with Gasteiger partial charge in [0.1, 0.15) is 6.42 Å². The van der Waals surface area contributed by atoms with Gasteiger partial charge in [-0.25, -0.2) is 4.79 Å². The summed E-state index contributed by atoms with van der Waals surface area (Å²) in [7, 11) is 1.09. The van der Waals surface area contributed by atoms with E-state index in [4.69, 9.17) is 0 Å². The van der Waals surface area contributed by atoms with Crippen LogP contribution in [-0.4, -0.2) is 36.6 Å². The third-order valence-corrected chi connectivity index (χ3v) is 1.40. The summed E-state index contributed by atoms with van der Waals surface area (Å²) < 4.78 is 8.63. The third-order valence-electron chi connectivity index (χ3n) is 1.40. The Kier molecular flexibility index (Phi) is 5.20. The zero-order chi connectivity index (χ0) is 11.1. The monoisotopic (exact) mass is 205 g/mol. The van der Waals surface area contributed by atoms with Gasteiger partial charge >= 0.3 is 18.0 Å². The van der Waals surface area contributed by atoms with Crippen LogP contribution in [0.15, 0.2) is 0 Å². The SMILES string of the molecule is CCOC(=O)C(CC(=O)OC)[N+](=O)[O-]. The lowest BCUT2D eigenvalue weighted by Crippen LogP contribution is -2.34. The van der Waals surface area contributed by atoms with Gasteiger partial charge in [-0.3, -0.25) is 14.9 Å². The van der Waals surface area contributed by atoms with Gasteiger partial charge in [-0.1, -0.05) is 0 Å². The summed E-state index contributed by atoms with van der Waals surface area (Å²) in [6, 6.07) is -1.68. The van der Waals surface area contributed by atoms with Gasteiger partial charge in [0.25, 0.3) is 0 Å². The first-order valence-corrected chi connectivity index (χ1v) is 3.89. The topological polar surface area (TPSA) is 95.7 Å². The summed E-state index contributed by atoms with van der Waals surface area (Å²) >= 11 is 0. The van der Waals surface area contributed by atoms with Gasteiger partial charge in [0.05, 0.1) is 13.7 Å². The normalized spacial score (nSPS) is 11.6. The molecule has 0 aliphatic rings. The first-order valence-electron chi connectivity index (χ1n) is 3.89. The average Bonchev–Trinajstić information content (AvgIpc) is 2.13. The van der Waals surface area contributed by atoms with E-state index >= 15 is 0 Å². The number of esters is 2. The molecule has 0 aromatic heterocycles. The molecule has 14 heavy (non-hydrogen) atoms. The van der Waals surface area contributed by atoms with Crippen molar-refractivity contribution in [3.8, 4) is 0 Å². The Morgan fingerprint density at radius 1 is 1.50 bits per heavy atom. The number of carbonyl (C=O) groups excluding carboxylic acids is 2. The lowest BCUT2D eigenvalue weighted by Gasteiger charge is -2.06. The maximum Gasteiger partial charge on any atom is 0.382 e. The molecule has 7 heteroatoms. The van der Waals surface area contributed by atoms with E-state index in [0.717, 1.165) is 7.11 Å².